The maximum Gasteiger partial charge on any atom is 0.347 e. The minimum Gasteiger partial charge on any atom is -0.463 e. The lowest BCUT2D eigenvalue weighted by Crippen LogP contribution is -2.21. The zero-order chi connectivity index (χ0) is 18.7. The minimum atomic E-state index is -0.841. The number of benzene rings is 1. The van der Waals surface area contributed by atoms with Crippen LogP contribution in [0.15, 0.2) is 30.3 Å². The number of esters is 2. The maximum absolute atomic E-state index is 11.9. The number of aromatic nitrogens is 2. The Labute approximate surface area is 160 Å². The van der Waals surface area contributed by atoms with E-state index in [-0.39, 0.29) is 6.61 Å². The van der Waals surface area contributed by atoms with Gasteiger partial charge < -0.3 is 9.47 Å². The summed E-state index contributed by atoms with van der Waals surface area (Å²) in [7, 11) is 0. The Morgan fingerprint density at radius 1 is 1.42 bits per heavy atom. The average Bonchev–Trinajstić information content (AvgIpc) is 3.12. The van der Waals surface area contributed by atoms with E-state index >= 15 is 0 Å². The van der Waals surface area contributed by atoms with Gasteiger partial charge in [0.15, 0.2) is 0 Å². The number of rotatable bonds is 5. The summed E-state index contributed by atoms with van der Waals surface area (Å²) in [5.74, 6) is -1.16. The fourth-order valence-electron chi connectivity index (χ4n) is 2.56. The van der Waals surface area contributed by atoms with Gasteiger partial charge in [-0.05, 0) is 24.6 Å². The van der Waals surface area contributed by atoms with Crippen molar-refractivity contribution < 1.29 is 19.1 Å². The van der Waals surface area contributed by atoms with Gasteiger partial charge in [-0.2, -0.15) is 5.10 Å². The van der Waals surface area contributed by atoms with E-state index < -0.39 is 18.0 Å². The zero-order valence-electron chi connectivity index (χ0n) is 13.9. The molecule has 136 valence electrons. The van der Waals surface area contributed by atoms with Gasteiger partial charge in [0, 0.05) is 23.1 Å². The number of carbonyl (C=O) groups is 2. The fraction of sp³-hybridized carbons (Fsp3) is 0.278. The van der Waals surface area contributed by atoms with Crippen molar-refractivity contribution in [3.05, 3.63) is 57.3 Å². The standard InChI is InChI=1S/C18H16Cl2N2O4/c1-11-13(6-7-16(23)26-15-8-9-25-18(15)24)17(20)22(21-11)10-12-4-2-3-5-14(12)19/h2-7,15H,8-10H2,1H3/b7-6+/t15-/m0/s1. The molecule has 0 bridgehead atoms. The van der Waals surface area contributed by atoms with E-state index in [1.54, 1.807) is 17.7 Å². The van der Waals surface area contributed by atoms with Gasteiger partial charge in [-0.1, -0.05) is 41.4 Å². The number of hydrogen-bond acceptors (Lipinski definition) is 5. The molecule has 0 unspecified atom stereocenters. The number of halogens is 2. The van der Waals surface area contributed by atoms with Crippen molar-refractivity contribution in [2.45, 2.75) is 26.0 Å². The summed E-state index contributed by atoms with van der Waals surface area (Å²) in [5.41, 5.74) is 2.14. The molecule has 0 N–H and O–H groups in total. The summed E-state index contributed by atoms with van der Waals surface area (Å²) in [5, 5.41) is 5.40. The van der Waals surface area contributed by atoms with Gasteiger partial charge in [-0.3, -0.25) is 0 Å². The largest absolute Gasteiger partial charge is 0.463 e. The maximum atomic E-state index is 11.9. The van der Waals surface area contributed by atoms with Gasteiger partial charge in [0.1, 0.15) is 5.15 Å². The van der Waals surface area contributed by atoms with Crippen LogP contribution >= 0.6 is 23.2 Å². The number of ether oxygens (including phenoxy) is 2. The lowest BCUT2D eigenvalue weighted by atomic mass is 10.2. The molecular weight excluding hydrogens is 379 g/mol. The highest BCUT2D eigenvalue weighted by Crippen LogP contribution is 2.24. The number of carbonyl (C=O) groups excluding carboxylic acids is 2. The first-order chi connectivity index (χ1) is 12.5. The van der Waals surface area contributed by atoms with Gasteiger partial charge in [0.05, 0.1) is 18.8 Å². The molecule has 1 atom stereocenters. The van der Waals surface area contributed by atoms with Crippen molar-refractivity contribution in [1.29, 1.82) is 0 Å². The highest BCUT2D eigenvalue weighted by atomic mass is 35.5. The molecular formula is C18H16Cl2N2O4. The predicted octanol–water partition coefficient (Wildman–Crippen LogP) is 3.42. The molecule has 0 saturated carbocycles. The Hall–Kier alpha value is -2.31. The molecule has 0 aliphatic carbocycles. The highest BCUT2D eigenvalue weighted by Gasteiger charge is 2.29. The van der Waals surface area contributed by atoms with Crippen LogP contribution in [0.4, 0.5) is 0 Å². The van der Waals surface area contributed by atoms with Crippen molar-refractivity contribution in [2.24, 2.45) is 0 Å². The highest BCUT2D eigenvalue weighted by molar-refractivity contribution is 6.32. The van der Waals surface area contributed by atoms with Crippen LogP contribution in [0.3, 0.4) is 0 Å². The molecule has 1 aromatic heterocycles. The van der Waals surface area contributed by atoms with E-state index in [0.29, 0.717) is 34.4 Å². The molecule has 1 aromatic carbocycles. The smallest absolute Gasteiger partial charge is 0.347 e. The fourth-order valence-corrected chi connectivity index (χ4v) is 3.06. The Kier molecular flexibility index (Phi) is 5.64. The summed E-state index contributed by atoms with van der Waals surface area (Å²) in [6.45, 7) is 2.46. The van der Waals surface area contributed by atoms with Crippen molar-refractivity contribution in [3.63, 3.8) is 0 Å². The van der Waals surface area contributed by atoms with E-state index in [4.69, 9.17) is 32.7 Å². The van der Waals surface area contributed by atoms with E-state index in [0.717, 1.165) is 5.56 Å². The third kappa shape index (κ3) is 4.08. The molecule has 6 nitrogen and oxygen atoms in total. The zero-order valence-corrected chi connectivity index (χ0v) is 15.5. The van der Waals surface area contributed by atoms with Crippen LogP contribution in [-0.4, -0.2) is 34.4 Å². The minimum absolute atomic E-state index is 0.264. The number of cyclic esters (lactones) is 1. The van der Waals surface area contributed by atoms with Crippen molar-refractivity contribution in [3.8, 4) is 0 Å². The van der Waals surface area contributed by atoms with Gasteiger partial charge in [0.25, 0.3) is 0 Å². The molecule has 1 fully saturated rings. The number of aryl methyl sites for hydroxylation is 1. The quantitative estimate of drug-likeness (QED) is 0.573. The topological polar surface area (TPSA) is 70.4 Å². The summed E-state index contributed by atoms with van der Waals surface area (Å²) < 4.78 is 11.4. The Morgan fingerprint density at radius 2 is 2.19 bits per heavy atom. The van der Waals surface area contributed by atoms with Crippen molar-refractivity contribution in [1.82, 2.24) is 9.78 Å². The van der Waals surface area contributed by atoms with Crippen molar-refractivity contribution >= 4 is 41.2 Å². The molecule has 2 heterocycles. The predicted molar refractivity (Wildman–Crippen MR) is 97.0 cm³/mol. The van der Waals surface area contributed by atoms with Crippen LogP contribution in [0.25, 0.3) is 6.08 Å². The second-order valence-corrected chi connectivity index (χ2v) is 6.52. The van der Waals surface area contributed by atoms with Crippen LogP contribution in [0.1, 0.15) is 23.2 Å². The number of hydrogen-bond donors (Lipinski definition) is 0. The second kappa shape index (κ2) is 7.93. The monoisotopic (exact) mass is 394 g/mol. The second-order valence-electron chi connectivity index (χ2n) is 5.75. The van der Waals surface area contributed by atoms with Gasteiger partial charge in [0.2, 0.25) is 6.10 Å². The molecule has 26 heavy (non-hydrogen) atoms. The van der Waals surface area contributed by atoms with E-state index in [9.17, 15) is 9.59 Å². The van der Waals surface area contributed by atoms with E-state index in [2.05, 4.69) is 5.10 Å². The lowest BCUT2D eigenvalue weighted by molar-refractivity contribution is -0.156. The lowest BCUT2D eigenvalue weighted by Gasteiger charge is -2.06. The molecule has 2 aromatic rings. The molecule has 8 heteroatoms. The SMILES string of the molecule is Cc1nn(Cc2ccccc2Cl)c(Cl)c1/C=C/C(=O)O[C@H]1CCOC1=O. The normalized spacial score (nSPS) is 16.9. The Balaban J connectivity index is 1.72. The van der Waals surface area contributed by atoms with Crippen LogP contribution in [0, 0.1) is 6.92 Å². The number of nitrogens with zero attached hydrogens (tertiary/aromatic N) is 2. The van der Waals surface area contributed by atoms with Crippen LogP contribution in [0.2, 0.25) is 10.2 Å². The van der Waals surface area contributed by atoms with Gasteiger partial charge in [-0.15, -0.1) is 0 Å². The Bertz CT molecular complexity index is 876. The molecule has 1 saturated heterocycles. The summed E-state index contributed by atoms with van der Waals surface area (Å²) in [6.07, 6.45) is 2.28. The van der Waals surface area contributed by atoms with Crippen LogP contribution < -0.4 is 0 Å². The third-order valence-corrected chi connectivity index (χ3v) is 4.69. The molecule has 1 aliphatic heterocycles. The van der Waals surface area contributed by atoms with Crippen molar-refractivity contribution in [2.75, 3.05) is 6.61 Å². The third-order valence-electron chi connectivity index (χ3n) is 3.92. The first-order valence-electron chi connectivity index (χ1n) is 7.97. The van der Waals surface area contributed by atoms with E-state index in [1.165, 1.54) is 12.2 Å². The Morgan fingerprint density at radius 3 is 2.88 bits per heavy atom. The van der Waals surface area contributed by atoms with E-state index in [1.807, 2.05) is 18.2 Å². The molecule has 0 radical (unpaired) electrons. The molecule has 1 aliphatic rings. The molecule has 0 spiro atoms. The summed E-state index contributed by atoms with van der Waals surface area (Å²) in [6, 6.07) is 7.42. The average molecular weight is 395 g/mol. The summed E-state index contributed by atoms with van der Waals surface area (Å²) in [4.78, 5) is 23.2. The molecule has 0 amide bonds. The van der Waals surface area contributed by atoms with Gasteiger partial charge >= 0.3 is 11.9 Å². The van der Waals surface area contributed by atoms with Crippen LogP contribution in [0.5, 0.6) is 0 Å². The van der Waals surface area contributed by atoms with Gasteiger partial charge in [-0.25, -0.2) is 14.3 Å². The molecule has 3 rings (SSSR count). The summed E-state index contributed by atoms with van der Waals surface area (Å²) >= 11 is 12.6. The van der Waals surface area contributed by atoms with Crippen LogP contribution in [-0.2, 0) is 25.6 Å². The first-order valence-corrected chi connectivity index (χ1v) is 8.73. The first kappa shape index (κ1) is 18.5.